The van der Waals surface area contributed by atoms with Crippen LogP contribution in [0.1, 0.15) is 16.2 Å². The average molecular weight is 509 g/mol. The fourth-order valence-electron chi connectivity index (χ4n) is 3.92. The van der Waals surface area contributed by atoms with Gasteiger partial charge in [0.1, 0.15) is 23.9 Å². The summed E-state index contributed by atoms with van der Waals surface area (Å²) in [5.74, 6) is 1.42. The van der Waals surface area contributed by atoms with Crippen LogP contribution in [-0.4, -0.2) is 35.8 Å². The van der Waals surface area contributed by atoms with Gasteiger partial charge < -0.3 is 24.7 Å². The minimum absolute atomic E-state index is 0.219. The summed E-state index contributed by atoms with van der Waals surface area (Å²) in [6.45, 7) is 3.01. The van der Waals surface area contributed by atoms with Crippen LogP contribution in [0.3, 0.4) is 0 Å². The number of benzene rings is 2. The van der Waals surface area contributed by atoms with Gasteiger partial charge in [-0.15, -0.1) is 0 Å². The fraction of sp³-hybridized carbons (Fsp3) is 0.160. The van der Waals surface area contributed by atoms with Crippen molar-refractivity contribution in [3.63, 3.8) is 0 Å². The third-order valence-electron chi connectivity index (χ3n) is 5.67. The number of phenolic OH excluding ortho intramolecular Hbond substituents is 1. The molecule has 8 nitrogen and oxygen atoms in total. The van der Waals surface area contributed by atoms with Gasteiger partial charge in [0.15, 0.2) is 16.3 Å². The molecule has 0 amide bonds. The van der Waals surface area contributed by atoms with Crippen molar-refractivity contribution in [2.24, 2.45) is 0 Å². The Labute approximate surface area is 211 Å². The summed E-state index contributed by atoms with van der Waals surface area (Å²) in [4.78, 5) is 12.1. The number of nitrogens with zero attached hydrogens (tertiary/aromatic N) is 5. The Hall–Kier alpha value is -3.75. The smallest absolute Gasteiger partial charge is 0.167 e. The number of ether oxygens (including phenoxy) is 1. The molecule has 0 bridgehead atoms. The summed E-state index contributed by atoms with van der Waals surface area (Å²) in [5, 5.41) is 10.7. The second-order valence-electron chi connectivity index (χ2n) is 8.03. The molecular formula is C25H22Cl2N6O2. The molecule has 0 radical (unpaired) electrons. The van der Waals surface area contributed by atoms with Gasteiger partial charge in [-0.3, -0.25) is 0 Å². The zero-order valence-electron chi connectivity index (χ0n) is 18.8. The van der Waals surface area contributed by atoms with E-state index >= 15 is 0 Å². The molecule has 5 rings (SSSR count). The van der Waals surface area contributed by atoms with E-state index in [0.29, 0.717) is 29.9 Å². The molecular weight excluding hydrogens is 487 g/mol. The molecule has 178 valence electrons. The lowest BCUT2D eigenvalue weighted by atomic mass is 10.0. The molecule has 0 aliphatic heterocycles. The largest absolute Gasteiger partial charge is 0.508 e. The molecule has 3 heterocycles. The van der Waals surface area contributed by atoms with Crippen molar-refractivity contribution in [2.75, 3.05) is 12.3 Å². The van der Waals surface area contributed by atoms with Crippen molar-refractivity contribution in [2.45, 2.75) is 18.3 Å². The zero-order valence-corrected chi connectivity index (χ0v) is 20.3. The highest BCUT2D eigenvalue weighted by Gasteiger charge is 2.20. The summed E-state index contributed by atoms with van der Waals surface area (Å²) in [5.41, 5.74) is 10.2. The van der Waals surface area contributed by atoms with Crippen LogP contribution in [0.5, 0.6) is 11.5 Å². The monoisotopic (exact) mass is 508 g/mol. The number of fused-ring (bicyclic) bond motifs is 1. The standard InChI is InChI=1S/C25H22Cl2N6O2/c1-15-11-16(5-6-20(15)34)19-13-33(25-21(19)23(28)30-24(31-25)22(26)27)17-3-2-4-18(12-17)35-10-9-32-8-7-29-14-32/h2-8,11-14,22,34H,9-10H2,1H3,(H2,28,30,31). The maximum absolute atomic E-state index is 10.00. The predicted octanol–water partition coefficient (Wildman–Crippen LogP) is 5.44. The van der Waals surface area contributed by atoms with Crippen LogP contribution >= 0.6 is 23.2 Å². The first-order valence-corrected chi connectivity index (χ1v) is 11.7. The van der Waals surface area contributed by atoms with Gasteiger partial charge in [0, 0.05) is 30.2 Å². The Bertz CT molecular complexity index is 1500. The lowest BCUT2D eigenvalue weighted by Crippen LogP contribution is -2.07. The molecule has 3 aromatic heterocycles. The first kappa shape index (κ1) is 23.0. The van der Waals surface area contributed by atoms with Crippen molar-refractivity contribution in [3.05, 3.63) is 78.8 Å². The van der Waals surface area contributed by atoms with Crippen molar-refractivity contribution < 1.29 is 9.84 Å². The van der Waals surface area contributed by atoms with Crippen molar-refractivity contribution in [1.29, 1.82) is 0 Å². The van der Waals surface area contributed by atoms with E-state index in [-0.39, 0.29) is 17.4 Å². The van der Waals surface area contributed by atoms with Crippen molar-refractivity contribution in [3.8, 4) is 28.3 Å². The number of phenols is 1. The van der Waals surface area contributed by atoms with E-state index in [1.165, 1.54) is 0 Å². The van der Waals surface area contributed by atoms with Gasteiger partial charge in [0.25, 0.3) is 0 Å². The van der Waals surface area contributed by atoms with Crippen LogP contribution < -0.4 is 10.5 Å². The summed E-state index contributed by atoms with van der Waals surface area (Å²) >= 11 is 12.2. The number of anilines is 1. The number of rotatable bonds is 7. The van der Waals surface area contributed by atoms with E-state index in [0.717, 1.165) is 22.4 Å². The van der Waals surface area contributed by atoms with E-state index < -0.39 is 4.84 Å². The van der Waals surface area contributed by atoms with Crippen LogP contribution in [0.4, 0.5) is 5.82 Å². The number of aromatic nitrogens is 5. The highest BCUT2D eigenvalue weighted by Crippen LogP contribution is 2.38. The maximum Gasteiger partial charge on any atom is 0.167 e. The number of hydrogen-bond acceptors (Lipinski definition) is 6. The van der Waals surface area contributed by atoms with Crippen LogP contribution in [0.2, 0.25) is 0 Å². The Morgan fingerprint density at radius 2 is 2.00 bits per heavy atom. The number of imidazole rings is 1. The average Bonchev–Trinajstić information content (AvgIpc) is 3.49. The molecule has 2 aromatic carbocycles. The molecule has 5 aromatic rings. The second kappa shape index (κ2) is 9.48. The fourth-order valence-corrected chi connectivity index (χ4v) is 4.11. The minimum Gasteiger partial charge on any atom is -0.508 e. The summed E-state index contributed by atoms with van der Waals surface area (Å²) < 4.78 is 9.83. The van der Waals surface area contributed by atoms with E-state index in [2.05, 4.69) is 15.0 Å². The summed E-state index contributed by atoms with van der Waals surface area (Å²) in [6, 6.07) is 13.1. The third kappa shape index (κ3) is 4.62. The number of aromatic hydroxyl groups is 1. The molecule has 0 spiro atoms. The predicted molar refractivity (Wildman–Crippen MR) is 137 cm³/mol. The third-order valence-corrected chi connectivity index (χ3v) is 6.06. The lowest BCUT2D eigenvalue weighted by Gasteiger charge is -2.10. The van der Waals surface area contributed by atoms with Gasteiger partial charge in [0.2, 0.25) is 0 Å². The van der Waals surface area contributed by atoms with Gasteiger partial charge in [-0.1, -0.05) is 35.3 Å². The van der Waals surface area contributed by atoms with E-state index in [4.69, 9.17) is 33.7 Å². The van der Waals surface area contributed by atoms with Gasteiger partial charge >= 0.3 is 0 Å². The SMILES string of the molecule is Cc1cc(-c2cn(-c3cccc(OCCn4ccnc4)c3)c3nc(C(Cl)Cl)nc(N)c23)ccc1O. The highest BCUT2D eigenvalue weighted by atomic mass is 35.5. The number of nitrogens with two attached hydrogens (primary N) is 1. The summed E-state index contributed by atoms with van der Waals surface area (Å²) in [6.07, 6.45) is 7.31. The molecule has 0 unspecified atom stereocenters. The Kier molecular flexibility index (Phi) is 6.23. The van der Waals surface area contributed by atoms with E-state index in [1.807, 2.05) is 64.8 Å². The number of alkyl halides is 2. The zero-order chi connectivity index (χ0) is 24.5. The molecule has 0 saturated carbocycles. The minimum atomic E-state index is -0.928. The molecule has 35 heavy (non-hydrogen) atoms. The van der Waals surface area contributed by atoms with Gasteiger partial charge in [0.05, 0.1) is 23.9 Å². The quantitative estimate of drug-likeness (QED) is 0.284. The summed E-state index contributed by atoms with van der Waals surface area (Å²) in [7, 11) is 0. The molecule has 0 fully saturated rings. The highest BCUT2D eigenvalue weighted by molar-refractivity contribution is 6.43. The first-order valence-electron chi connectivity index (χ1n) is 10.9. The number of hydrogen-bond donors (Lipinski definition) is 2. The Morgan fingerprint density at radius 3 is 2.74 bits per heavy atom. The second-order valence-corrected chi connectivity index (χ2v) is 9.12. The van der Waals surface area contributed by atoms with Crippen molar-refractivity contribution in [1.82, 2.24) is 24.1 Å². The van der Waals surface area contributed by atoms with Crippen molar-refractivity contribution >= 4 is 40.1 Å². The number of nitrogen functional groups attached to an aromatic ring is 1. The molecule has 0 atom stereocenters. The molecule has 10 heteroatoms. The number of aryl methyl sites for hydroxylation is 1. The van der Waals surface area contributed by atoms with Gasteiger partial charge in [-0.05, 0) is 42.3 Å². The molecule has 0 saturated heterocycles. The van der Waals surface area contributed by atoms with Crippen LogP contribution in [-0.2, 0) is 6.54 Å². The van der Waals surface area contributed by atoms with E-state index in [1.54, 1.807) is 18.6 Å². The first-order chi connectivity index (χ1) is 16.9. The molecule has 0 aliphatic rings. The molecule has 3 N–H and O–H groups in total. The maximum atomic E-state index is 10.00. The normalized spacial score (nSPS) is 11.4. The van der Waals surface area contributed by atoms with Crippen LogP contribution in [0.15, 0.2) is 67.4 Å². The Balaban J connectivity index is 1.59. The lowest BCUT2D eigenvalue weighted by molar-refractivity contribution is 0.298. The number of halogens is 2. The van der Waals surface area contributed by atoms with Crippen LogP contribution in [0, 0.1) is 6.92 Å². The van der Waals surface area contributed by atoms with Gasteiger partial charge in [-0.25, -0.2) is 15.0 Å². The van der Waals surface area contributed by atoms with Gasteiger partial charge in [-0.2, -0.15) is 0 Å². The molecule has 0 aliphatic carbocycles. The van der Waals surface area contributed by atoms with E-state index in [9.17, 15) is 5.11 Å². The topological polar surface area (TPSA) is 104 Å². The van der Waals surface area contributed by atoms with Crippen LogP contribution in [0.25, 0.3) is 27.8 Å². The Morgan fingerprint density at radius 1 is 1.14 bits per heavy atom.